The predicted octanol–water partition coefficient (Wildman–Crippen LogP) is 1.21. The summed E-state index contributed by atoms with van der Waals surface area (Å²) in [5.74, 6) is 0. The van der Waals surface area contributed by atoms with E-state index in [1.165, 1.54) is 4.90 Å². The van der Waals surface area contributed by atoms with Crippen LogP contribution in [0.15, 0.2) is 23.1 Å². The Hall–Kier alpha value is -2.31. The number of hydrogen-bond donors (Lipinski definition) is 2. The van der Waals surface area contributed by atoms with E-state index in [0.29, 0.717) is 37.1 Å². The molecule has 0 saturated carbocycles. The number of likely N-dealkylation sites (tertiary alicyclic amines) is 1. The van der Waals surface area contributed by atoms with Crippen LogP contribution in [0, 0.1) is 0 Å². The predicted molar refractivity (Wildman–Crippen MR) is 72.8 cm³/mol. The van der Waals surface area contributed by atoms with Crippen LogP contribution in [0.2, 0.25) is 0 Å². The summed E-state index contributed by atoms with van der Waals surface area (Å²) in [4.78, 5) is 31.6. The molecule has 2 aromatic rings. The number of imidazole rings is 1. The number of aromatic nitrogens is 3. The van der Waals surface area contributed by atoms with E-state index in [-0.39, 0.29) is 5.69 Å². The third-order valence-corrected chi connectivity index (χ3v) is 4.09. The highest BCUT2D eigenvalue weighted by molar-refractivity contribution is 5.70. The fourth-order valence-electron chi connectivity index (χ4n) is 2.84. The summed E-state index contributed by atoms with van der Waals surface area (Å²) in [6, 6.07) is 3.59. The highest BCUT2D eigenvalue weighted by atomic mass is 16.4. The molecule has 1 aliphatic heterocycles. The van der Waals surface area contributed by atoms with E-state index in [1.807, 2.05) is 13.0 Å². The number of hydrogen-bond acceptors (Lipinski definition) is 3. The van der Waals surface area contributed by atoms with E-state index in [4.69, 9.17) is 5.11 Å². The third kappa shape index (κ3) is 1.86. The van der Waals surface area contributed by atoms with Crippen LogP contribution >= 0.6 is 0 Å². The average molecular weight is 276 g/mol. The number of nitrogens with one attached hydrogen (secondary N) is 1. The van der Waals surface area contributed by atoms with Crippen LogP contribution < -0.4 is 5.69 Å². The Morgan fingerprint density at radius 1 is 1.45 bits per heavy atom. The van der Waals surface area contributed by atoms with E-state index in [0.717, 1.165) is 0 Å². The molecule has 2 N–H and O–H groups in total. The maximum Gasteiger partial charge on any atom is 0.407 e. The fourth-order valence-corrected chi connectivity index (χ4v) is 2.84. The van der Waals surface area contributed by atoms with Gasteiger partial charge in [-0.1, -0.05) is 0 Å². The molecular formula is C13H16N4O3. The molecular weight excluding hydrogens is 260 g/mol. The van der Waals surface area contributed by atoms with E-state index in [2.05, 4.69) is 9.97 Å². The SMILES string of the molecule is CC1(n2c(=O)[nH]c3cccnc32)CCN(C(=O)O)CC1. The Labute approximate surface area is 114 Å². The monoisotopic (exact) mass is 276 g/mol. The zero-order chi connectivity index (χ0) is 14.3. The molecule has 106 valence electrons. The summed E-state index contributed by atoms with van der Waals surface area (Å²) in [7, 11) is 0. The van der Waals surface area contributed by atoms with Gasteiger partial charge in [-0.05, 0) is 31.9 Å². The number of nitrogens with zero attached hydrogens (tertiary/aromatic N) is 3. The Balaban J connectivity index is 2.01. The molecule has 7 heteroatoms. The molecule has 0 unspecified atom stereocenters. The number of rotatable bonds is 1. The van der Waals surface area contributed by atoms with Gasteiger partial charge in [0, 0.05) is 19.3 Å². The lowest BCUT2D eigenvalue weighted by Crippen LogP contribution is -2.48. The lowest BCUT2D eigenvalue weighted by Gasteiger charge is -2.38. The molecule has 1 aliphatic rings. The van der Waals surface area contributed by atoms with Gasteiger partial charge in [0.2, 0.25) is 0 Å². The van der Waals surface area contributed by atoms with E-state index < -0.39 is 11.6 Å². The number of fused-ring (bicyclic) bond motifs is 1. The topological polar surface area (TPSA) is 91.2 Å². The van der Waals surface area contributed by atoms with Gasteiger partial charge in [0.25, 0.3) is 0 Å². The summed E-state index contributed by atoms with van der Waals surface area (Å²) >= 11 is 0. The number of carbonyl (C=O) groups is 1. The van der Waals surface area contributed by atoms with Crippen LogP contribution in [0.25, 0.3) is 11.2 Å². The highest BCUT2D eigenvalue weighted by Crippen LogP contribution is 2.30. The Morgan fingerprint density at radius 2 is 2.15 bits per heavy atom. The van der Waals surface area contributed by atoms with Crippen molar-refractivity contribution in [3.05, 3.63) is 28.8 Å². The summed E-state index contributed by atoms with van der Waals surface area (Å²) in [5, 5.41) is 9.00. The molecule has 0 atom stereocenters. The van der Waals surface area contributed by atoms with Crippen LogP contribution in [0.3, 0.4) is 0 Å². The largest absolute Gasteiger partial charge is 0.465 e. The van der Waals surface area contributed by atoms with Crippen LogP contribution in [-0.4, -0.2) is 43.7 Å². The number of H-pyrrole nitrogens is 1. The second-order valence-electron chi connectivity index (χ2n) is 5.41. The Bertz CT molecular complexity index is 710. The normalized spacial score (nSPS) is 18.4. The van der Waals surface area contributed by atoms with Gasteiger partial charge in [-0.3, -0.25) is 4.57 Å². The lowest BCUT2D eigenvalue weighted by atomic mass is 9.89. The second kappa shape index (κ2) is 4.36. The van der Waals surface area contributed by atoms with Crippen molar-refractivity contribution in [2.24, 2.45) is 0 Å². The van der Waals surface area contributed by atoms with Crippen molar-refractivity contribution >= 4 is 17.3 Å². The zero-order valence-corrected chi connectivity index (χ0v) is 11.2. The molecule has 3 rings (SSSR count). The second-order valence-corrected chi connectivity index (χ2v) is 5.41. The molecule has 7 nitrogen and oxygen atoms in total. The minimum Gasteiger partial charge on any atom is -0.465 e. The molecule has 0 aromatic carbocycles. The number of pyridine rings is 1. The van der Waals surface area contributed by atoms with Crippen molar-refractivity contribution < 1.29 is 9.90 Å². The smallest absolute Gasteiger partial charge is 0.407 e. The van der Waals surface area contributed by atoms with Crippen molar-refractivity contribution in [3.63, 3.8) is 0 Å². The number of aromatic amines is 1. The molecule has 0 aliphatic carbocycles. The average Bonchev–Trinajstić information content (AvgIpc) is 2.75. The standard InChI is InChI=1S/C13H16N4O3/c1-13(4-7-16(8-5-13)12(19)20)17-10-9(15-11(17)18)3-2-6-14-10/h2-3,6H,4-5,7-8H2,1H3,(H,15,18)(H,19,20). The Morgan fingerprint density at radius 3 is 2.80 bits per heavy atom. The number of piperidine rings is 1. The van der Waals surface area contributed by atoms with E-state index >= 15 is 0 Å². The molecule has 3 heterocycles. The van der Waals surface area contributed by atoms with Crippen molar-refractivity contribution in [1.82, 2.24) is 19.4 Å². The molecule has 20 heavy (non-hydrogen) atoms. The van der Waals surface area contributed by atoms with Crippen LogP contribution in [-0.2, 0) is 5.54 Å². The quantitative estimate of drug-likeness (QED) is 0.819. The summed E-state index contributed by atoms with van der Waals surface area (Å²) in [5.41, 5.74) is 0.739. The molecule has 1 amide bonds. The number of amides is 1. The van der Waals surface area contributed by atoms with E-state index in [9.17, 15) is 9.59 Å². The molecule has 1 fully saturated rings. The Kier molecular flexibility index (Phi) is 2.77. The first-order chi connectivity index (χ1) is 9.51. The first kappa shape index (κ1) is 12.7. The van der Waals surface area contributed by atoms with Gasteiger partial charge in [0.15, 0.2) is 5.65 Å². The first-order valence-corrected chi connectivity index (χ1v) is 6.55. The minimum atomic E-state index is -0.906. The van der Waals surface area contributed by atoms with E-state index in [1.54, 1.807) is 16.8 Å². The van der Waals surface area contributed by atoms with Gasteiger partial charge in [-0.2, -0.15) is 0 Å². The van der Waals surface area contributed by atoms with Gasteiger partial charge >= 0.3 is 11.8 Å². The van der Waals surface area contributed by atoms with Crippen LogP contribution in [0.1, 0.15) is 19.8 Å². The molecule has 2 aromatic heterocycles. The molecule has 0 radical (unpaired) electrons. The van der Waals surface area contributed by atoms with Gasteiger partial charge in [0.1, 0.15) is 0 Å². The highest BCUT2D eigenvalue weighted by Gasteiger charge is 2.35. The van der Waals surface area contributed by atoms with Gasteiger partial charge < -0.3 is 15.0 Å². The summed E-state index contributed by atoms with van der Waals surface area (Å²) in [6.45, 7) is 2.84. The van der Waals surface area contributed by atoms with Crippen molar-refractivity contribution in [1.29, 1.82) is 0 Å². The van der Waals surface area contributed by atoms with Gasteiger partial charge in [-0.15, -0.1) is 0 Å². The van der Waals surface area contributed by atoms with Crippen LogP contribution in [0.5, 0.6) is 0 Å². The van der Waals surface area contributed by atoms with Crippen LogP contribution in [0.4, 0.5) is 4.79 Å². The minimum absolute atomic E-state index is 0.190. The van der Waals surface area contributed by atoms with Crippen molar-refractivity contribution in [2.45, 2.75) is 25.3 Å². The first-order valence-electron chi connectivity index (χ1n) is 6.55. The van der Waals surface area contributed by atoms with Crippen molar-refractivity contribution in [2.75, 3.05) is 13.1 Å². The zero-order valence-electron chi connectivity index (χ0n) is 11.2. The molecule has 1 saturated heterocycles. The third-order valence-electron chi connectivity index (χ3n) is 4.09. The molecule has 0 spiro atoms. The molecule has 0 bridgehead atoms. The number of carboxylic acid groups (broad SMARTS) is 1. The summed E-state index contributed by atoms with van der Waals surface area (Å²) in [6.07, 6.45) is 1.95. The van der Waals surface area contributed by atoms with Gasteiger partial charge in [0.05, 0.1) is 11.1 Å². The summed E-state index contributed by atoms with van der Waals surface area (Å²) < 4.78 is 1.67. The maximum atomic E-state index is 12.2. The fraction of sp³-hybridized carbons (Fsp3) is 0.462. The van der Waals surface area contributed by atoms with Gasteiger partial charge in [-0.25, -0.2) is 14.6 Å². The van der Waals surface area contributed by atoms with Crippen molar-refractivity contribution in [3.8, 4) is 0 Å². The lowest BCUT2D eigenvalue weighted by molar-refractivity contribution is 0.101. The maximum absolute atomic E-state index is 12.2.